The van der Waals surface area contributed by atoms with E-state index in [1.54, 1.807) is 0 Å². The van der Waals surface area contributed by atoms with Crippen LogP contribution in [-0.4, -0.2) is 37.6 Å². The van der Waals surface area contributed by atoms with Crippen LogP contribution in [0.15, 0.2) is 22.7 Å². The molecule has 0 unspecified atom stereocenters. The first-order valence-corrected chi connectivity index (χ1v) is 8.02. The largest absolute Gasteiger partial charge is 0.397 e. The number of unbranched alkanes of at least 4 members (excludes halogenated alkanes) is 2. The van der Waals surface area contributed by atoms with E-state index in [1.807, 2.05) is 6.07 Å². The van der Waals surface area contributed by atoms with Crippen molar-refractivity contribution in [2.45, 2.75) is 26.2 Å². The quantitative estimate of drug-likeness (QED) is 0.665. The highest BCUT2D eigenvalue weighted by molar-refractivity contribution is 9.10. The number of anilines is 2. The summed E-state index contributed by atoms with van der Waals surface area (Å²) in [5, 5.41) is 0. The van der Waals surface area contributed by atoms with Crippen LogP contribution in [0.2, 0.25) is 0 Å². The number of hydrogen-bond acceptors (Lipinski definition) is 3. The highest BCUT2D eigenvalue weighted by Crippen LogP contribution is 2.27. The molecule has 0 atom stereocenters. The lowest BCUT2D eigenvalue weighted by Gasteiger charge is -2.36. The molecule has 0 radical (unpaired) electrons. The Labute approximate surface area is 124 Å². The molecule has 1 fully saturated rings. The van der Waals surface area contributed by atoms with Gasteiger partial charge in [0.1, 0.15) is 0 Å². The van der Waals surface area contributed by atoms with Crippen LogP contribution in [-0.2, 0) is 0 Å². The molecule has 3 nitrogen and oxygen atoms in total. The Kier molecular flexibility index (Phi) is 5.52. The van der Waals surface area contributed by atoms with Crippen molar-refractivity contribution in [1.29, 1.82) is 0 Å². The molecule has 1 aromatic rings. The van der Waals surface area contributed by atoms with Gasteiger partial charge in [0.05, 0.1) is 11.4 Å². The summed E-state index contributed by atoms with van der Waals surface area (Å²) in [7, 11) is 0. The predicted octanol–water partition coefficient (Wildman–Crippen LogP) is 3.34. The van der Waals surface area contributed by atoms with Crippen molar-refractivity contribution in [2.75, 3.05) is 43.4 Å². The van der Waals surface area contributed by atoms with E-state index in [9.17, 15) is 0 Å². The number of halogens is 1. The Balaban J connectivity index is 1.85. The van der Waals surface area contributed by atoms with E-state index in [2.05, 4.69) is 44.8 Å². The molecule has 1 aromatic carbocycles. The maximum absolute atomic E-state index is 6.10. The van der Waals surface area contributed by atoms with E-state index in [-0.39, 0.29) is 0 Å². The molecule has 0 saturated carbocycles. The lowest BCUT2D eigenvalue weighted by molar-refractivity contribution is 0.253. The molecular formula is C15H24BrN3. The second-order valence-corrected chi connectivity index (χ2v) is 6.15. The highest BCUT2D eigenvalue weighted by atomic mass is 79.9. The average Bonchev–Trinajstić information content (AvgIpc) is 2.40. The van der Waals surface area contributed by atoms with Gasteiger partial charge in [0, 0.05) is 30.7 Å². The monoisotopic (exact) mass is 325 g/mol. The molecular weight excluding hydrogens is 302 g/mol. The molecule has 1 saturated heterocycles. The summed E-state index contributed by atoms with van der Waals surface area (Å²) in [6.45, 7) is 7.97. The third kappa shape index (κ3) is 4.11. The topological polar surface area (TPSA) is 32.5 Å². The maximum Gasteiger partial charge on any atom is 0.0601 e. The molecule has 4 heteroatoms. The molecule has 0 spiro atoms. The van der Waals surface area contributed by atoms with E-state index in [0.717, 1.165) is 36.3 Å². The summed E-state index contributed by atoms with van der Waals surface area (Å²) in [5.74, 6) is 0. The van der Waals surface area contributed by atoms with Gasteiger partial charge in [0.15, 0.2) is 0 Å². The average molecular weight is 326 g/mol. The van der Waals surface area contributed by atoms with E-state index in [4.69, 9.17) is 5.73 Å². The molecule has 0 aromatic heterocycles. The standard InChI is InChI=1S/C15H24BrN3/c1-2-3-4-7-18-8-10-19(11-9-18)15-6-5-13(16)12-14(15)17/h5-6,12H,2-4,7-11,17H2,1H3. The van der Waals surface area contributed by atoms with Crippen LogP contribution in [0.4, 0.5) is 11.4 Å². The number of nitrogen functional groups attached to an aromatic ring is 1. The van der Waals surface area contributed by atoms with Gasteiger partial charge >= 0.3 is 0 Å². The lowest BCUT2D eigenvalue weighted by atomic mass is 10.2. The third-order valence-electron chi connectivity index (χ3n) is 3.78. The minimum Gasteiger partial charge on any atom is -0.397 e. The lowest BCUT2D eigenvalue weighted by Crippen LogP contribution is -2.46. The predicted molar refractivity (Wildman–Crippen MR) is 86.7 cm³/mol. The second kappa shape index (κ2) is 7.15. The molecule has 0 aliphatic carbocycles. The van der Waals surface area contributed by atoms with Crippen molar-refractivity contribution >= 4 is 27.3 Å². The first-order chi connectivity index (χ1) is 9.20. The second-order valence-electron chi connectivity index (χ2n) is 5.24. The zero-order valence-electron chi connectivity index (χ0n) is 11.7. The van der Waals surface area contributed by atoms with Gasteiger partial charge in [0.25, 0.3) is 0 Å². The van der Waals surface area contributed by atoms with Crippen LogP contribution < -0.4 is 10.6 Å². The number of nitrogens with zero attached hydrogens (tertiary/aromatic N) is 2. The van der Waals surface area contributed by atoms with E-state index in [1.165, 1.54) is 31.5 Å². The van der Waals surface area contributed by atoms with Crippen LogP contribution in [0, 0.1) is 0 Å². The number of piperazine rings is 1. The van der Waals surface area contributed by atoms with Crippen molar-refractivity contribution < 1.29 is 0 Å². The Morgan fingerprint density at radius 1 is 1.16 bits per heavy atom. The molecule has 2 rings (SSSR count). The fraction of sp³-hybridized carbons (Fsp3) is 0.600. The molecule has 2 N–H and O–H groups in total. The Morgan fingerprint density at radius 3 is 2.53 bits per heavy atom. The van der Waals surface area contributed by atoms with Crippen LogP contribution in [0.3, 0.4) is 0 Å². The zero-order chi connectivity index (χ0) is 13.7. The SMILES string of the molecule is CCCCCN1CCN(c2ccc(Br)cc2N)CC1. The first kappa shape index (κ1) is 14.7. The van der Waals surface area contributed by atoms with Crippen molar-refractivity contribution in [1.82, 2.24) is 4.90 Å². The van der Waals surface area contributed by atoms with Crippen molar-refractivity contribution in [3.63, 3.8) is 0 Å². The maximum atomic E-state index is 6.10. The molecule has 1 aliphatic rings. The number of nitrogens with two attached hydrogens (primary N) is 1. The van der Waals surface area contributed by atoms with Gasteiger partial charge in [0.2, 0.25) is 0 Å². The Bertz CT molecular complexity index is 400. The Hall–Kier alpha value is -0.740. The van der Waals surface area contributed by atoms with Crippen molar-refractivity contribution in [2.24, 2.45) is 0 Å². The third-order valence-corrected chi connectivity index (χ3v) is 4.27. The smallest absolute Gasteiger partial charge is 0.0601 e. The summed E-state index contributed by atoms with van der Waals surface area (Å²) in [6, 6.07) is 6.18. The molecule has 106 valence electrons. The fourth-order valence-corrected chi connectivity index (χ4v) is 2.99. The summed E-state index contributed by atoms with van der Waals surface area (Å²) in [4.78, 5) is 4.97. The van der Waals surface area contributed by atoms with Crippen LogP contribution >= 0.6 is 15.9 Å². The van der Waals surface area contributed by atoms with Gasteiger partial charge < -0.3 is 10.6 Å². The van der Waals surface area contributed by atoms with Gasteiger partial charge in [-0.1, -0.05) is 35.7 Å². The van der Waals surface area contributed by atoms with Gasteiger partial charge in [-0.15, -0.1) is 0 Å². The van der Waals surface area contributed by atoms with Gasteiger partial charge in [-0.25, -0.2) is 0 Å². The number of hydrogen-bond donors (Lipinski definition) is 1. The zero-order valence-corrected chi connectivity index (χ0v) is 13.3. The molecule has 0 bridgehead atoms. The molecule has 19 heavy (non-hydrogen) atoms. The minimum atomic E-state index is 0.869. The van der Waals surface area contributed by atoms with Crippen molar-refractivity contribution in [3.05, 3.63) is 22.7 Å². The van der Waals surface area contributed by atoms with E-state index >= 15 is 0 Å². The van der Waals surface area contributed by atoms with E-state index in [0.29, 0.717) is 0 Å². The first-order valence-electron chi connectivity index (χ1n) is 7.23. The van der Waals surface area contributed by atoms with Gasteiger partial charge in [-0.3, -0.25) is 4.90 Å². The highest BCUT2D eigenvalue weighted by Gasteiger charge is 2.18. The van der Waals surface area contributed by atoms with Crippen LogP contribution in [0.5, 0.6) is 0 Å². The number of rotatable bonds is 5. The van der Waals surface area contributed by atoms with Gasteiger partial charge in [-0.05, 0) is 31.2 Å². The molecule has 1 aliphatic heterocycles. The van der Waals surface area contributed by atoms with Crippen LogP contribution in [0.1, 0.15) is 26.2 Å². The summed E-state index contributed by atoms with van der Waals surface area (Å²) < 4.78 is 1.05. The molecule has 1 heterocycles. The van der Waals surface area contributed by atoms with E-state index < -0.39 is 0 Å². The minimum absolute atomic E-state index is 0.869. The van der Waals surface area contributed by atoms with Crippen LogP contribution in [0.25, 0.3) is 0 Å². The summed E-state index contributed by atoms with van der Waals surface area (Å²) in [5.41, 5.74) is 8.15. The number of benzene rings is 1. The van der Waals surface area contributed by atoms with Gasteiger partial charge in [-0.2, -0.15) is 0 Å². The summed E-state index contributed by atoms with van der Waals surface area (Å²) in [6.07, 6.45) is 3.98. The Morgan fingerprint density at radius 2 is 1.89 bits per heavy atom. The summed E-state index contributed by atoms with van der Waals surface area (Å²) >= 11 is 3.46. The normalized spacial score (nSPS) is 16.8. The fourth-order valence-electron chi connectivity index (χ4n) is 2.61. The molecule has 0 amide bonds. The van der Waals surface area contributed by atoms with Crippen molar-refractivity contribution in [3.8, 4) is 0 Å².